The molecule has 0 fully saturated rings. The van der Waals surface area contributed by atoms with E-state index >= 15 is 0 Å². The van der Waals surface area contributed by atoms with Crippen molar-refractivity contribution in [2.45, 2.75) is 12.5 Å². The van der Waals surface area contributed by atoms with Crippen LogP contribution in [0.3, 0.4) is 0 Å². The SMILES string of the molecule is CC(O)(c1cccs1)c1ccc(Cl)s1. The van der Waals surface area contributed by atoms with Crippen molar-refractivity contribution < 1.29 is 5.11 Å². The van der Waals surface area contributed by atoms with Gasteiger partial charge in [0.2, 0.25) is 0 Å². The van der Waals surface area contributed by atoms with Gasteiger partial charge in [-0.05, 0) is 30.5 Å². The highest BCUT2D eigenvalue weighted by Crippen LogP contribution is 2.37. The molecule has 0 saturated heterocycles. The molecule has 0 radical (unpaired) electrons. The lowest BCUT2D eigenvalue weighted by Crippen LogP contribution is -2.19. The molecule has 1 nitrogen and oxygen atoms in total. The fourth-order valence-corrected chi connectivity index (χ4v) is 3.22. The second-order valence-corrected chi connectivity index (χ2v) is 5.82. The van der Waals surface area contributed by atoms with Gasteiger partial charge in [-0.25, -0.2) is 0 Å². The van der Waals surface area contributed by atoms with Gasteiger partial charge in [0, 0.05) is 9.75 Å². The maximum Gasteiger partial charge on any atom is 0.130 e. The van der Waals surface area contributed by atoms with E-state index in [4.69, 9.17) is 11.6 Å². The summed E-state index contributed by atoms with van der Waals surface area (Å²) in [6, 6.07) is 7.54. The van der Waals surface area contributed by atoms with Gasteiger partial charge in [0.1, 0.15) is 5.60 Å². The zero-order valence-electron chi connectivity index (χ0n) is 7.53. The van der Waals surface area contributed by atoms with Crippen LogP contribution in [-0.2, 0) is 5.60 Å². The van der Waals surface area contributed by atoms with E-state index in [0.29, 0.717) is 4.34 Å². The van der Waals surface area contributed by atoms with Crippen molar-refractivity contribution in [3.05, 3.63) is 43.7 Å². The number of halogens is 1. The van der Waals surface area contributed by atoms with Crippen LogP contribution in [0.4, 0.5) is 0 Å². The molecule has 14 heavy (non-hydrogen) atoms. The maximum atomic E-state index is 10.3. The van der Waals surface area contributed by atoms with E-state index in [0.717, 1.165) is 9.75 Å². The van der Waals surface area contributed by atoms with E-state index in [1.165, 1.54) is 11.3 Å². The molecule has 2 rings (SSSR count). The summed E-state index contributed by atoms with van der Waals surface area (Å²) in [6.07, 6.45) is 0. The molecule has 0 spiro atoms. The summed E-state index contributed by atoms with van der Waals surface area (Å²) < 4.78 is 0.705. The summed E-state index contributed by atoms with van der Waals surface area (Å²) in [5, 5.41) is 12.3. The van der Waals surface area contributed by atoms with Gasteiger partial charge < -0.3 is 5.11 Å². The molecule has 4 heteroatoms. The smallest absolute Gasteiger partial charge is 0.130 e. The molecular formula is C10H9ClOS2. The Bertz CT molecular complexity index is 417. The van der Waals surface area contributed by atoms with Crippen LogP contribution in [0.15, 0.2) is 29.6 Å². The minimum absolute atomic E-state index is 0.705. The molecule has 2 aromatic heterocycles. The van der Waals surface area contributed by atoms with Crippen LogP contribution >= 0.6 is 34.3 Å². The topological polar surface area (TPSA) is 20.2 Å². The van der Waals surface area contributed by atoms with Crippen LogP contribution < -0.4 is 0 Å². The van der Waals surface area contributed by atoms with Crippen LogP contribution in [0.1, 0.15) is 16.7 Å². The number of thiophene rings is 2. The Morgan fingerprint density at radius 2 is 2.07 bits per heavy atom. The third-order valence-corrected chi connectivity index (χ3v) is 4.58. The average molecular weight is 245 g/mol. The molecular weight excluding hydrogens is 236 g/mol. The first-order chi connectivity index (χ1) is 6.60. The molecule has 0 aromatic carbocycles. The van der Waals surface area contributed by atoms with E-state index in [9.17, 15) is 5.11 Å². The largest absolute Gasteiger partial charge is 0.379 e. The van der Waals surface area contributed by atoms with Crippen molar-refractivity contribution in [2.24, 2.45) is 0 Å². The predicted molar refractivity (Wildman–Crippen MR) is 62.3 cm³/mol. The third-order valence-electron chi connectivity index (χ3n) is 2.05. The number of rotatable bonds is 2. The highest BCUT2D eigenvalue weighted by molar-refractivity contribution is 7.16. The van der Waals surface area contributed by atoms with Crippen molar-refractivity contribution in [2.75, 3.05) is 0 Å². The first-order valence-corrected chi connectivity index (χ1v) is 6.20. The molecule has 0 aliphatic rings. The van der Waals surface area contributed by atoms with Crippen molar-refractivity contribution in [1.29, 1.82) is 0 Å². The van der Waals surface area contributed by atoms with Crippen LogP contribution in [0.5, 0.6) is 0 Å². The highest BCUT2D eigenvalue weighted by Gasteiger charge is 2.28. The van der Waals surface area contributed by atoms with Gasteiger partial charge in [0.15, 0.2) is 0 Å². The standard InChI is InChI=1S/C10H9ClOS2/c1-10(12,7-3-2-6-13-7)8-4-5-9(11)14-8/h2-6,12H,1H3. The molecule has 2 heterocycles. The predicted octanol–water partition coefficient (Wildman–Crippen LogP) is 3.72. The van der Waals surface area contributed by atoms with Gasteiger partial charge in [0.25, 0.3) is 0 Å². The molecule has 0 bridgehead atoms. The first kappa shape index (κ1) is 10.2. The Morgan fingerprint density at radius 1 is 1.29 bits per heavy atom. The molecule has 1 unspecified atom stereocenters. The molecule has 0 aliphatic heterocycles. The zero-order valence-corrected chi connectivity index (χ0v) is 9.92. The van der Waals surface area contributed by atoms with Gasteiger partial charge in [-0.2, -0.15) is 0 Å². The van der Waals surface area contributed by atoms with Crippen molar-refractivity contribution in [3.63, 3.8) is 0 Å². The summed E-state index contributed by atoms with van der Waals surface area (Å²) in [6.45, 7) is 1.79. The molecule has 74 valence electrons. The minimum Gasteiger partial charge on any atom is -0.379 e. The second-order valence-electron chi connectivity index (χ2n) is 3.15. The second kappa shape index (κ2) is 3.66. The Balaban J connectivity index is 2.42. The summed E-state index contributed by atoms with van der Waals surface area (Å²) >= 11 is 8.80. The van der Waals surface area contributed by atoms with Gasteiger partial charge in [-0.3, -0.25) is 0 Å². The van der Waals surface area contributed by atoms with Crippen LogP contribution in [0, 0.1) is 0 Å². The average Bonchev–Trinajstić information content (AvgIpc) is 2.72. The normalized spacial score (nSPS) is 15.4. The lowest BCUT2D eigenvalue weighted by Gasteiger charge is -2.19. The van der Waals surface area contributed by atoms with Crippen molar-refractivity contribution in [3.8, 4) is 0 Å². The van der Waals surface area contributed by atoms with Gasteiger partial charge in [-0.1, -0.05) is 17.7 Å². The van der Waals surface area contributed by atoms with E-state index < -0.39 is 5.60 Å². The Labute approximate surface area is 95.6 Å². The van der Waals surface area contributed by atoms with Gasteiger partial charge in [0.05, 0.1) is 4.34 Å². The van der Waals surface area contributed by atoms with E-state index in [2.05, 4.69) is 0 Å². The van der Waals surface area contributed by atoms with Crippen LogP contribution in [0.2, 0.25) is 4.34 Å². The fraction of sp³-hybridized carbons (Fsp3) is 0.200. The molecule has 0 amide bonds. The van der Waals surface area contributed by atoms with Gasteiger partial charge in [-0.15, -0.1) is 22.7 Å². The van der Waals surface area contributed by atoms with E-state index in [1.54, 1.807) is 18.3 Å². The monoisotopic (exact) mass is 244 g/mol. The Morgan fingerprint density at radius 3 is 2.57 bits per heavy atom. The van der Waals surface area contributed by atoms with Crippen LogP contribution in [0.25, 0.3) is 0 Å². The summed E-state index contributed by atoms with van der Waals surface area (Å²) in [5.74, 6) is 0. The maximum absolute atomic E-state index is 10.3. The van der Waals surface area contributed by atoms with Crippen LogP contribution in [-0.4, -0.2) is 5.11 Å². The summed E-state index contributed by atoms with van der Waals surface area (Å²) in [5.41, 5.74) is -0.911. The van der Waals surface area contributed by atoms with Crippen molar-refractivity contribution in [1.82, 2.24) is 0 Å². The Hall–Kier alpha value is -0.350. The Kier molecular flexibility index (Phi) is 2.66. The molecule has 0 saturated carbocycles. The van der Waals surface area contributed by atoms with Gasteiger partial charge >= 0.3 is 0 Å². The van der Waals surface area contributed by atoms with E-state index in [-0.39, 0.29) is 0 Å². The number of hydrogen-bond donors (Lipinski definition) is 1. The molecule has 0 aliphatic carbocycles. The lowest BCUT2D eigenvalue weighted by molar-refractivity contribution is 0.110. The highest BCUT2D eigenvalue weighted by atomic mass is 35.5. The number of hydrogen-bond acceptors (Lipinski definition) is 3. The fourth-order valence-electron chi connectivity index (χ4n) is 1.25. The third kappa shape index (κ3) is 1.73. The van der Waals surface area contributed by atoms with Crippen molar-refractivity contribution >= 4 is 34.3 Å². The molecule has 2 aromatic rings. The number of aliphatic hydroxyl groups is 1. The molecule has 1 N–H and O–H groups in total. The zero-order chi connectivity index (χ0) is 10.2. The molecule has 1 atom stereocenters. The minimum atomic E-state index is -0.911. The van der Waals surface area contributed by atoms with E-state index in [1.807, 2.05) is 29.6 Å². The summed E-state index contributed by atoms with van der Waals surface area (Å²) in [7, 11) is 0. The first-order valence-electron chi connectivity index (χ1n) is 4.13. The summed E-state index contributed by atoms with van der Waals surface area (Å²) in [4.78, 5) is 1.82. The lowest BCUT2D eigenvalue weighted by atomic mass is 10.0. The quantitative estimate of drug-likeness (QED) is 0.854.